The molecule has 0 aliphatic heterocycles. The Morgan fingerprint density at radius 3 is 2.14 bits per heavy atom. The number of ether oxygens (including phenoxy) is 1. The Hall–Kier alpha value is -4.15. The molecular formula is C26H25N5O4S. The molecule has 0 spiro atoms. The maximum Gasteiger partial charge on any atom is 0.295 e. The minimum Gasteiger partial charge on any atom is -0.494 e. The first-order chi connectivity index (χ1) is 17.1. The molecule has 9 nitrogen and oxygen atoms in total. The molecule has 0 radical (unpaired) electrons. The molecule has 0 unspecified atom stereocenters. The lowest BCUT2D eigenvalue weighted by molar-refractivity contribution is 0.416. The third kappa shape index (κ3) is 5.24. The number of nitrogens with zero attached hydrogens (tertiary/aromatic N) is 4. The number of nitrogen functional groups attached to an aromatic ring is 1. The maximum absolute atomic E-state index is 11.7. The predicted octanol–water partition coefficient (Wildman–Crippen LogP) is 7.43. The van der Waals surface area contributed by atoms with Crippen molar-refractivity contribution < 1.29 is 17.7 Å². The normalized spacial score (nSPS) is 12.1. The van der Waals surface area contributed by atoms with Crippen molar-refractivity contribution >= 4 is 49.3 Å². The molecule has 36 heavy (non-hydrogen) atoms. The van der Waals surface area contributed by atoms with Crippen LogP contribution in [-0.4, -0.2) is 20.1 Å². The Labute approximate surface area is 209 Å². The van der Waals surface area contributed by atoms with E-state index in [0.717, 1.165) is 16.7 Å². The fourth-order valence-electron chi connectivity index (χ4n) is 3.68. The highest BCUT2D eigenvalue weighted by atomic mass is 32.2. The van der Waals surface area contributed by atoms with Gasteiger partial charge < -0.3 is 10.5 Å². The van der Waals surface area contributed by atoms with Crippen LogP contribution in [0.25, 0.3) is 10.8 Å². The molecule has 4 aromatic rings. The average Bonchev–Trinajstić information content (AvgIpc) is 2.83. The highest BCUT2D eigenvalue weighted by Crippen LogP contribution is 2.37. The van der Waals surface area contributed by atoms with E-state index >= 15 is 0 Å². The summed E-state index contributed by atoms with van der Waals surface area (Å²) < 4.78 is 38.5. The number of hydrogen-bond donors (Lipinski definition) is 2. The number of azo groups is 2. The van der Waals surface area contributed by atoms with Crippen LogP contribution in [-0.2, 0) is 10.1 Å². The van der Waals surface area contributed by atoms with Gasteiger partial charge in [0.1, 0.15) is 16.3 Å². The molecule has 0 saturated carbocycles. The zero-order valence-corrected chi connectivity index (χ0v) is 21.0. The molecule has 0 amide bonds. The van der Waals surface area contributed by atoms with Gasteiger partial charge in [-0.05, 0) is 79.2 Å². The van der Waals surface area contributed by atoms with Crippen molar-refractivity contribution in [3.63, 3.8) is 0 Å². The minimum atomic E-state index is -4.38. The Bertz CT molecular complexity index is 1650. The molecular weight excluding hydrogens is 478 g/mol. The van der Waals surface area contributed by atoms with Crippen molar-refractivity contribution in [3.8, 4) is 5.75 Å². The topological polar surface area (TPSA) is 139 Å². The molecule has 0 aliphatic rings. The molecule has 0 aromatic heterocycles. The van der Waals surface area contributed by atoms with Gasteiger partial charge in [0.05, 0.1) is 24.2 Å². The number of rotatable bonds is 6. The van der Waals surface area contributed by atoms with Crippen molar-refractivity contribution in [1.29, 1.82) is 0 Å². The summed E-state index contributed by atoms with van der Waals surface area (Å²) in [7, 11) is -2.85. The first-order valence-electron chi connectivity index (χ1n) is 11.0. The van der Waals surface area contributed by atoms with Crippen LogP contribution in [0, 0.1) is 20.8 Å². The van der Waals surface area contributed by atoms with Gasteiger partial charge in [-0.25, -0.2) is 0 Å². The van der Waals surface area contributed by atoms with Crippen molar-refractivity contribution in [2.45, 2.75) is 25.7 Å². The molecule has 0 saturated heterocycles. The monoisotopic (exact) mass is 503 g/mol. The van der Waals surface area contributed by atoms with Crippen LogP contribution in [0.5, 0.6) is 5.75 Å². The van der Waals surface area contributed by atoms with E-state index in [2.05, 4.69) is 20.5 Å². The third-order valence-electron chi connectivity index (χ3n) is 5.72. The number of fused-ring (bicyclic) bond motifs is 1. The van der Waals surface area contributed by atoms with E-state index in [1.165, 1.54) is 13.2 Å². The molecule has 3 N–H and O–H groups in total. The van der Waals surface area contributed by atoms with Crippen LogP contribution in [0.4, 0.5) is 28.4 Å². The highest BCUT2D eigenvalue weighted by Gasteiger charge is 2.14. The molecule has 0 aliphatic carbocycles. The van der Waals surface area contributed by atoms with Crippen LogP contribution in [0.3, 0.4) is 0 Å². The van der Waals surface area contributed by atoms with E-state index in [1.807, 2.05) is 32.9 Å². The van der Waals surface area contributed by atoms with Crippen molar-refractivity contribution in [2.24, 2.45) is 20.5 Å². The van der Waals surface area contributed by atoms with Gasteiger partial charge in [0.15, 0.2) is 0 Å². The summed E-state index contributed by atoms with van der Waals surface area (Å²) in [5.74, 6) is 0.468. The second-order valence-corrected chi connectivity index (χ2v) is 9.73. The predicted molar refractivity (Wildman–Crippen MR) is 140 cm³/mol. The summed E-state index contributed by atoms with van der Waals surface area (Å²) in [6.45, 7) is 5.70. The summed E-state index contributed by atoms with van der Waals surface area (Å²) >= 11 is 0. The molecule has 184 valence electrons. The summed E-state index contributed by atoms with van der Waals surface area (Å²) in [5, 5.41) is 18.3. The van der Waals surface area contributed by atoms with E-state index in [1.54, 1.807) is 42.5 Å². The zero-order chi connectivity index (χ0) is 26.0. The van der Waals surface area contributed by atoms with E-state index < -0.39 is 10.1 Å². The second-order valence-electron chi connectivity index (χ2n) is 8.34. The maximum atomic E-state index is 11.7. The smallest absolute Gasteiger partial charge is 0.295 e. The Kier molecular flexibility index (Phi) is 6.82. The van der Waals surface area contributed by atoms with E-state index in [4.69, 9.17) is 10.5 Å². The number of benzene rings is 4. The second kappa shape index (κ2) is 9.84. The number of nitrogens with two attached hydrogens (primary N) is 1. The average molecular weight is 504 g/mol. The van der Waals surface area contributed by atoms with Crippen LogP contribution < -0.4 is 10.5 Å². The first-order valence-corrected chi connectivity index (χ1v) is 12.4. The molecule has 0 heterocycles. The summed E-state index contributed by atoms with van der Waals surface area (Å²) in [5.41, 5.74) is 11.5. The fraction of sp³-hybridized carbons (Fsp3) is 0.154. The first kappa shape index (κ1) is 25.0. The summed E-state index contributed by atoms with van der Waals surface area (Å²) in [4.78, 5) is -0.184. The van der Waals surface area contributed by atoms with Gasteiger partial charge in [-0.3, -0.25) is 4.55 Å². The molecule has 4 rings (SSSR count). The molecule has 10 heteroatoms. The van der Waals surface area contributed by atoms with Crippen LogP contribution in [0.15, 0.2) is 86.0 Å². The van der Waals surface area contributed by atoms with Gasteiger partial charge in [0.2, 0.25) is 0 Å². The summed E-state index contributed by atoms with van der Waals surface area (Å²) in [6, 6.07) is 16.9. The fourth-order valence-corrected chi connectivity index (χ4v) is 4.39. The lowest BCUT2D eigenvalue weighted by Crippen LogP contribution is -1.98. The Morgan fingerprint density at radius 1 is 0.778 bits per heavy atom. The van der Waals surface area contributed by atoms with Crippen molar-refractivity contribution in [1.82, 2.24) is 0 Å². The van der Waals surface area contributed by atoms with Crippen molar-refractivity contribution in [2.75, 3.05) is 12.8 Å². The van der Waals surface area contributed by atoms with Gasteiger partial charge in [0.25, 0.3) is 10.1 Å². The van der Waals surface area contributed by atoms with Gasteiger partial charge in [-0.2, -0.15) is 23.8 Å². The largest absolute Gasteiger partial charge is 0.494 e. The van der Waals surface area contributed by atoms with Crippen LogP contribution in [0.1, 0.15) is 16.7 Å². The SMILES string of the molecule is COc1cc(N=Nc2ccc3cccc(S(=O)(=O)O)c3c2)c(C)cc1N=Nc1cc(C)c(N)cc1C. The van der Waals surface area contributed by atoms with Gasteiger partial charge >= 0.3 is 0 Å². The Balaban J connectivity index is 1.67. The van der Waals surface area contributed by atoms with E-state index in [9.17, 15) is 13.0 Å². The summed E-state index contributed by atoms with van der Waals surface area (Å²) in [6.07, 6.45) is 0. The standard InChI is InChI=1S/C26H25N5O4S/c1-15-11-22(16(2)10-21(15)27)30-31-24-12-17(3)23(14-25(24)35-4)29-28-19-9-8-18-6-5-7-26(20(18)13-19)36(32,33)34/h5-14H,27H2,1-4H3,(H,32,33,34). The molecule has 0 atom stereocenters. The number of hydrogen-bond acceptors (Lipinski definition) is 8. The highest BCUT2D eigenvalue weighted by molar-refractivity contribution is 7.86. The van der Waals surface area contributed by atoms with Crippen LogP contribution >= 0.6 is 0 Å². The van der Waals surface area contributed by atoms with Gasteiger partial charge in [-0.1, -0.05) is 18.2 Å². The Morgan fingerprint density at radius 2 is 1.42 bits per heavy atom. The number of aryl methyl sites for hydroxylation is 3. The van der Waals surface area contributed by atoms with E-state index in [-0.39, 0.29) is 4.90 Å². The minimum absolute atomic E-state index is 0.184. The quantitative estimate of drug-likeness (QED) is 0.160. The lowest BCUT2D eigenvalue weighted by Gasteiger charge is -2.08. The van der Waals surface area contributed by atoms with Crippen LogP contribution in [0.2, 0.25) is 0 Å². The van der Waals surface area contributed by atoms with Gasteiger partial charge in [-0.15, -0.1) is 5.11 Å². The third-order valence-corrected chi connectivity index (χ3v) is 6.64. The molecule has 0 fully saturated rings. The molecule has 0 bridgehead atoms. The number of methoxy groups -OCH3 is 1. The van der Waals surface area contributed by atoms with Gasteiger partial charge in [0, 0.05) is 17.1 Å². The molecule has 4 aromatic carbocycles. The lowest BCUT2D eigenvalue weighted by atomic mass is 10.1. The van der Waals surface area contributed by atoms with E-state index in [0.29, 0.717) is 45.0 Å². The van der Waals surface area contributed by atoms with Crippen molar-refractivity contribution in [3.05, 3.63) is 77.4 Å². The zero-order valence-electron chi connectivity index (χ0n) is 20.2. The number of anilines is 1.